The molecule has 0 N–H and O–H groups in total. The zero-order valence-electron chi connectivity index (χ0n) is 28.0. The molecule has 0 saturated carbocycles. The standard InChI is InChI=1S/C49H32N2/c50-31-32-13-22-44(23-14-32)51(47-12-6-10-34-9-4-5-11-46(34)47)45-24-21-35-25-36(15-16-37(35)30-45)43-28-40-19-17-38-26-42(33-7-2-1-3-8-33)27-39-18-20-41(29-43)49(40)48(38)39/h1-26,28,30H,27,29H2. The number of anilines is 3. The first-order chi connectivity index (χ1) is 25.2. The molecule has 2 heteroatoms. The lowest BCUT2D eigenvalue weighted by molar-refractivity contribution is 1.25. The van der Waals surface area contributed by atoms with E-state index in [4.69, 9.17) is 0 Å². The van der Waals surface area contributed by atoms with E-state index in [9.17, 15) is 5.26 Å². The minimum absolute atomic E-state index is 0.650. The molecule has 10 rings (SSSR count). The summed E-state index contributed by atoms with van der Waals surface area (Å²) in [6.07, 6.45) is 6.68. The van der Waals surface area contributed by atoms with Gasteiger partial charge < -0.3 is 4.90 Å². The van der Waals surface area contributed by atoms with Gasteiger partial charge >= 0.3 is 0 Å². The van der Waals surface area contributed by atoms with Crippen LogP contribution < -0.4 is 4.90 Å². The molecule has 0 aromatic heterocycles. The van der Waals surface area contributed by atoms with Gasteiger partial charge in [-0.3, -0.25) is 0 Å². The molecule has 0 atom stereocenters. The summed E-state index contributed by atoms with van der Waals surface area (Å²) >= 11 is 0. The predicted molar refractivity (Wildman–Crippen MR) is 214 cm³/mol. The van der Waals surface area contributed by atoms with E-state index < -0.39 is 0 Å². The summed E-state index contributed by atoms with van der Waals surface area (Å²) < 4.78 is 0. The van der Waals surface area contributed by atoms with Crippen molar-refractivity contribution < 1.29 is 0 Å². The van der Waals surface area contributed by atoms with E-state index in [-0.39, 0.29) is 0 Å². The Balaban J connectivity index is 1.03. The minimum atomic E-state index is 0.650. The van der Waals surface area contributed by atoms with Gasteiger partial charge in [0.25, 0.3) is 0 Å². The van der Waals surface area contributed by atoms with E-state index >= 15 is 0 Å². The Bertz CT molecular complexity index is 2790. The molecule has 0 bridgehead atoms. The molecule has 2 aliphatic carbocycles. The molecule has 0 spiro atoms. The number of hydrogen-bond acceptors (Lipinski definition) is 2. The highest BCUT2D eigenvalue weighted by atomic mass is 15.1. The number of rotatable bonds is 5. The molecular weight excluding hydrogens is 617 g/mol. The van der Waals surface area contributed by atoms with Gasteiger partial charge in [0.2, 0.25) is 0 Å². The molecule has 0 amide bonds. The van der Waals surface area contributed by atoms with E-state index in [0.29, 0.717) is 5.56 Å². The van der Waals surface area contributed by atoms with Gasteiger partial charge in [-0.15, -0.1) is 0 Å². The van der Waals surface area contributed by atoms with Gasteiger partial charge in [0.1, 0.15) is 0 Å². The Morgan fingerprint density at radius 1 is 0.471 bits per heavy atom. The molecule has 0 saturated heterocycles. The van der Waals surface area contributed by atoms with Gasteiger partial charge in [0, 0.05) is 16.8 Å². The highest BCUT2D eigenvalue weighted by Crippen LogP contribution is 2.44. The van der Waals surface area contributed by atoms with Crippen LogP contribution in [0.5, 0.6) is 0 Å². The summed E-state index contributed by atoms with van der Waals surface area (Å²) in [6, 6.07) is 58.8. The molecule has 2 nitrogen and oxygen atoms in total. The van der Waals surface area contributed by atoms with E-state index in [2.05, 4.69) is 157 Å². The quantitative estimate of drug-likeness (QED) is 0.186. The predicted octanol–water partition coefficient (Wildman–Crippen LogP) is 12.7. The second-order valence-electron chi connectivity index (χ2n) is 13.7. The van der Waals surface area contributed by atoms with Crippen molar-refractivity contribution in [3.05, 3.63) is 197 Å². The van der Waals surface area contributed by atoms with Crippen LogP contribution in [0.25, 0.3) is 55.6 Å². The molecule has 0 aliphatic heterocycles. The largest absolute Gasteiger partial charge is 0.310 e. The van der Waals surface area contributed by atoms with Crippen molar-refractivity contribution in [3.63, 3.8) is 0 Å². The van der Waals surface area contributed by atoms with Gasteiger partial charge in [-0.25, -0.2) is 0 Å². The van der Waals surface area contributed by atoms with Gasteiger partial charge in [-0.05, 0) is 133 Å². The number of nitriles is 1. The highest BCUT2D eigenvalue weighted by Gasteiger charge is 2.22. The third-order valence-corrected chi connectivity index (χ3v) is 10.7. The average Bonchev–Trinajstić information content (AvgIpc) is 3.20. The van der Waals surface area contributed by atoms with Crippen LogP contribution in [0.3, 0.4) is 0 Å². The summed E-state index contributed by atoms with van der Waals surface area (Å²) in [5.41, 5.74) is 14.6. The first-order valence-corrected chi connectivity index (χ1v) is 17.6. The van der Waals surface area contributed by atoms with Crippen molar-refractivity contribution in [2.45, 2.75) is 12.8 Å². The fourth-order valence-electron chi connectivity index (χ4n) is 8.23. The van der Waals surface area contributed by atoms with E-state index in [0.717, 1.165) is 29.9 Å². The van der Waals surface area contributed by atoms with Crippen LogP contribution in [0, 0.1) is 11.3 Å². The Hall–Kier alpha value is -6.69. The summed E-state index contributed by atoms with van der Waals surface area (Å²) in [6.45, 7) is 0. The maximum Gasteiger partial charge on any atom is 0.0991 e. The lowest BCUT2D eigenvalue weighted by atomic mass is 9.79. The van der Waals surface area contributed by atoms with Gasteiger partial charge in [0.05, 0.1) is 17.3 Å². The van der Waals surface area contributed by atoms with Crippen LogP contribution in [0.4, 0.5) is 17.1 Å². The molecule has 238 valence electrons. The number of allylic oxidation sites excluding steroid dienone is 2. The topological polar surface area (TPSA) is 27.0 Å². The lowest BCUT2D eigenvalue weighted by Gasteiger charge is -2.27. The fraction of sp³-hybridized carbons (Fsp3) is 0.0408. The molecule has 0 radical (unpaired) electrons. The van der Waals surface area contributed by atoms with Crippen LogP contribution in [0.1, 0.15) is 38.9 Å². The Morgan fingerprint density at radius 2 is 1.10 bits per heavy atom. The molecule has 0 unspecified atom stereocenters. The van der Waals surface area contributed by atoms with Crippen LogP contribution in [0.15, 0.2) is 158 Å². The molecular formula is C49H32N2. The van der Waals surface area contributed by atoms with Gasteiger partial charge in [-0.2, -0.15) is 5.26 Å². The maximum absolute atomic E-state index is 9.47. The molecule has 0 heterocycles. The monoisotopic (exact) mass is 648 g/mol. The number of hydrogen-bond donors (Lipinski definition) is 0. The zero-order chi connectivity index (χ0) is 33.9. The second-order valence-corrected chi connectivity index (χ2v) is 13.7. The molecule has 8 aromatic rings. The van der Waals surface area contributed by atoms with Crippen LogP contribution >= 0.6 is 0 Å². The number of nitrogens with zero attached hydrogens (tertiary/aromatic N) is 2. The maximum atomic E-state index is 9.47. The van der Waals surface area contributed by atoms with E-state index in [1.54, 1.807) is 0 Å². The summed E-state index contributed by atoms with van der Waals surface area (Å²) in [5.74, 6) is 0. The van der Waals surface area contributed by atoms with Crippen molar-refractivity contribution in [1.82, 2.24) is 0 Å². The van der Waals surface area contributed by atoms with Crippen molar-refractivity contribution in [2.24, 2.45) is 0 Å². The number of fused-ring (bicyclic) bond motifs is 2. The molecule has 51 heavy (non-hydrogen) atoms. The van der Waals surface area contributed by atoms with Crippen LogP contribution in [0.2, 0.25) is 0 Å². The highest BCUT2D eigenvalue weighted by molar-refractivity contribution is 6.10. The van der Waals surface area contributed by atoms with Crippen LogP contribution in [-0.2, 0) is 12.8 Å². The van der Waals surface area contributed by atoms with Crippen LogP contribution in [-0.4, -0.2) is 0 Å². The third kappa shape index (κ3) is 4.94. The molecule has 2 aliphatic rings. The summed E-state index contributed by atoms with van der Waals surface area (Å²) in [4.78, 5) is 2.30. The Labute approximate surface area is 297 Å². The zero-order valence-corrected chi connectivity index (χ0v) is 28.0. The van der Waals surface area contributed by atoms with E-state index in [1.807, 2.05) is 24.3 Å². The van der Waals surface area contributed by atoms with Gasteiger partial charge in [0.15, 0.2) is 0 Å². The van der Waals surface area contributed by atoms with Crippen molar-refractivity contribution in [1.29, 1.82) is 5.26 Å². The Kier molecular flexibility index (Phi) is 6.72. The van der Waals surface area contributed by atoms with Gasteiger partial charge in [-0.1, -0.05) is 121 Å². The van der Waals surface area contributed by atoms with Crippen molar-refractivity contribution >= 4 is 72.7 Å². The van der Waals surface area contributed by atoms with Crippen molar-refractivity contribution in [3.8, 4) is 6.07 Å². The fourth-order valence-corrected chi connectivity index (χ4v) is 8.23. The summed E-state index contributed by atoms with van der Waals surface area (Å²) in [7, 11) is 0. The first-order valence-electron chi connectivity index (χ1n) is 17.6. The lowest BCUT2D eigenvalue weighted by Crippen LogP contribution is -2.10. The number of benzene rings is 8. The third-order valence-electron chi connectivity index (χ3n) is 10.7. The molecule has 0 fully saturated rings. The summed E-state index contributed by atoms with van der Waals surface area (Å²) in [5, 5.41) is 17.1. The smallest absolute Gasteiger partial charge is 0.0991 e. The average molecular weight is 649 g/mol. The Morgan fingerprint density at radius 3 is 1.84 bits per heavy atom. The molecule has 8 aromatic carbocycles. The normalized spacial score (nSPS) is 13.2. The van der Waals surface area contributed by atoms with E-state index in [1.165, 1.54) is 76.8 Å². The minimum Gasteiger partial charge on any atom is -0.310 e. The SMILES string of the molecule is N#Cc1ccc(N(c2ccc3cc(C4=Cc5ccc6c7c(ccc(c57)C4)CC(c4ccccc4)=C6)ccc3c2)c2cccc3ccccc23)cc1. The second kappa shape index (κ2) is 11.7. The first kappa shape index (κ1) is 29.2. The van der Waals surface area contributed by atoms with Crippen molar-refractivity contribution in [2.75, 3.05) is 4.90 Å².